The van der Waals surface area contributed by atoms with E-state index in [0.717, 1.165) is 37.9 Å². The summed E-state index contributed by atoms with van der Waals surface area (Å²) in [7, 11) is 0. The van der Waals surface area contributed by atoms with Gasteiger partial charge >= 0.3 is 0 Å². The van der Waals surface area contributed by atoms with Gasteiger partial charge < -0.3 is 9.84 Å². The highest BCUT2D eigenvalue weighted by atomic mass is 16.5. The number of likely N-dealkylation sites (tertiary alicyclic amines) is 1. The van der Waals surface area contributed by atoms with E-state index in [9.17, 15) is 4.79 Å². The van der Waals surface area contributed by atoms with Crippen LogP contribution in [-0.2, 0) is 13.0 Å². The molecule has 2 aromatic carbocycles. The Labute approximate surface area is 170 Å². The van der Waals surface area contributed by atoms with Crippen LogP contribution in [0.2, 0.25) is 0 Å². The molecule has 0 aliphatic carbocycles. The zero-order chi connectivity index (χ0) is 20.1. The van der Waals surface area contributed by atoms with Crippen molar-refractivity contribution in [3.63, 3.8) is 0 Å². The lowest BCUT2D eigenvalue weighted by atomic mass is 10.0. The van der Waals surface area contributed by atoms with Gasteiger partial charge in [0.1, 0.15) is 0 Å². The van der Waals surface area contributed by atoms with Gasteiger partial charge in [0, 0.05) is 30.3 Å². The molecule has 3 aromatic rings. The Morgan fingerprint density at radius 1 is 1.10 bits per heavy atom. The van der Waals surface area contributed by atoms with Crippen LogP contribution in [0.4, 0.5) is 0 Å². The van der Waals surface area contributed by atoms with Gasteiger partial charge in [-0.2, -0.15) is 4.98 Å². The number of carbonyl (C=O) groups excluding carboxylic acids is 1. The summed E-state index contributed by atoms with van der Waals surface area (Å²) in [6.07, 6.45) is 2.84. The van der Waals surface area contributed by atoms with Crippen LogP contribution in [0.1, 0.15) is 41.6 Å². The average molecular weight is 390 g/mol. The minimum Gasteiger partial charge on any atom is -0.349 e. The van der Waals surface area contributed by atoms with E-state index >= 15 is 0 Å². The van der Waals surface area contributed by atoms with Gasteiger partial charge in [0.15, 0.2) is 0 Å². The molecule has 150 valence electrons. The minimum absolute atomic E-state index is 0.000292. The minimum atomic E-state index is -0.000292. The summed E-state index contributed by atoms with van der Waals surface area (Å²) in [4.78, 5) is 19.1. The number of amides is 1. The fourth-order valence-corrected chi connectivity index (χ4v) is 3.61. The van der Waals surface area contributed by atoms with Crippen molar-refractivity contribution < 1.29 is 9.32 Å². The number of nitrogens with zero attached hydrogens (tertiary/aromatic N) is 3. The first kappa shape index (κ1) is 19.3. The van der Waals surface area contributed by atoms with Gasteiger partial charge in [-0.25, -0.2) is 0 Å². The van der Waals surface area contributed by atoms with Gasteiger partial charge in [-0.05, 0) is 37.0 Å². The van der Waals surface area contributed by atoms with Crippen molar-refractivity contribution in [3.05, 3.63) is 71.6 Å². The first-order valence-electron chi connectivity index (χ1n) is 10.2. The molecule has 1 aromatic heterocycles. The fourth-order valence-electron chi connectivity index (χ4n) is 3.61. The van der Waals surface area contributed by atoms with Crippen LogP contribution < -0.4 is 5.32 Å². The van der Waals surface area contributed by atoms with E-state index in [4.69, 9.17) is 4.52 Å². The molecule has 4 rings (SSSR count). The third-order valence-electron chi connectivity index (χ3n) is 5.41. The van der Waals surface area contributed by atoms with Gasteiger partial charge in [-0.15, -0.1) is 0 Å². The summed E-state index contributed by atoms with van der Waals surface area (Å²) in [6.45, 7) is 4.56. The number of hydrogen-bond donors (Lipinski definition) is 1. The standard InChI is InChI=1S/C23H26N4O2/c1-2-17-8-10-18(11-9-17)22-25-21(29-26-22)16-27-14-12-20(13-15-27)24-23(28)19-6-4-3-5-7-19/h3-11,20H,2,12-16H2,1H3,(H,24,28). The largest absolute Gasteiger partial charge is 0.349 e. The van der Waals surface area contributed by atoms with E-state index in [0.29, 0.717) is 23.8 Å². The molecule has 29 heavy (non-hydrogen) atoms. The second kappa shape index (κ2) is 9.01. The number of benzene rings is 2. The molecule has 6 heteroatoms. The summed E-state index contributed by atoms with van der Waals surface area (Å²) in [6, 6.07) is 17.8. The Balaban J connectivity index is 1.27. The van der Waals surface area contributed by atoms with Gasteiger partial charge in [0.25, 0.3) is 5.91 Å². The molecule has 0 unspecified atom stereocenters. The van der Waals surface area contributed by atoms with Crippen LogP contribution in [0, 0.1) is 0 Å². The molecule has 1 fully saturated rings. The predicted octanol–water partition coefficient (Wildman–Crippen LogP) is 3.69. The van der Waals surface area contributed by atoms with Crippen molar-refractivity contribution in [2.24, 2.45) is 0 Å². The fraction of sp³-hybridized carbons (Fsp3) is 0.348. The normalized spacial score (nSPS) is 15.3. The Kier molecular flexibility index (Phi) is 6.00. The van der Waals surface area contributed by atoms with Gasteiger partial charge in [-0.3, -0.25) is 9.69 Å². The maximum absolute atomic E-state index is 12.3. The maximum atomic E-state index is 12.3. The monoisotopic (exact) mass is 390 g/mol. The summed E-state index contributed by atoms with van der Waals surface area (Å²) >= 11 is 0. The number of aromatic nitrogens is 2. The molecule has 1 aliphatic heterocycles. The number of aryl methyl sites for hydroxylation is 1. The third-order valence-corrected chi connectivity index (χ3v) is 5.41. The van der Waals surface area contributed by atoms with Crippen LogP contribution in [0.15, 0.2) is 59.1 Å². The van der Waals surface area contributed by atoms with Crippen LogP contribution in [0.5, 0.6) is 0 Å². The zero-order valence-electron chi connectivity index (χ0n) is 16.7. The summed E-state index contributed by atoms with van der Waals surface area (Å²) in [5.74, 6) is 1.26. The lowest BCUT2D eigenvalue weighted by Gasteiger charge is -2.31. The zero-order valence-corrected chi connectivity index (χ0v) is 16.7. The molecule has 1 amide bonds. The van der Waals surface area contributed by atoms with Crippen molar-refractivity contribution in [3.8, 4) is 11.4 Å². The van der Waals surface area contributed by atoms with E-state index in [1.165, 1.54) is 5.56 Å². The second-order valence-electron chi connectivity index (χ2n) is 7.45. The van der Waals surface area contributed by atoms with Crippen molar-refractivity contribution >= 4 is 5.91 Å². The Morgan fingerprint density at radius 3 is 2.52 bits per heavy atom. The summed E-state index contributed by atoms with van der Waals surface area (Å²) in [5, 5.41) is 7.26. The molecule has 0 radical (unpaired) electrons. The number of carbonyl (C=O) groups is 1. The predicted molar refractivity (Wildman–Crippen MR) is 111 cm³/mol. The molecular formula is C23H26N4O2. The lowest BCUT2D eigenvalue weighted by Crippen LogP contribution is -2.44. The summed E-state index contributed by atoms with van der Waals surface area (Å²) < 4.78 is 5.46. The number of nitrogens with one attached hydrogen (secondary N) is 1. The lowest BCUT2D eigenvalue weighted by molar-refractivity contribution is 0.0904. The Bertz CT molecular complexity index is 929. The van der Waals surface area contributed by atoms with E-state index in [1.807, 2.05) is 42.5 Å². The van der Waals surface area contributed by atoms with E-state index in [2.05, 4.69) is 39.4 Å². The number of piperidine rings is 1. The van der Waals surface area contributed by atoms with Crippen LogP contribution in [0.25, 0.3) is 11.4 Å². The molecule has 1 saturated heterocycles. The van der Waals surface area contributed by atoms with Crippen LogP contribution >= 0.6 is 0 Å². The first-order valence-corrected chi connectivity index (χ1v) is 10.2. The highest BCUT2D eigenvalue weighted by Gasteiger charge is 2.22. The van der Waals surface area contributed by atoms with Crippen molar-refractivity contribution in [1.82, 2.24) is 20.4 Å². The molecular weight excluding hydrogens is 364 g/mol. The molecule has 0 bridgehead atoms. The van der Waals surface area contributed by atoms with Crippen molar-refractivity contribution in [2.45, 2.75) is 38.8 Å². The van der Waals surface area contributed by atoms with Gasteiger partial charge in [0.2, 0.25) is 11.7 Å². The first-order chi connectivity index (χ1) is 14.2. The molecule has 0 atom stereocenters. The summed E-state index contributed by atoms with van der Waals surface area (Å²) in [5.41, 5.74) is 2.97. The van der Waals surface area contributed by atoms with Crippen molar-refractivity contribution in [2.75, 3.05) is 13.1 Å². The third kappa shape index (κ3) is 4.90. The van der Waals surface area contributed by atoms with Crippen LogP contribution in [-0.4, -0.2) is 40.1 Å². The molecule has 6 nitrogen and oxygen atoms in total. The maximum Gasteiger partial charge on any atom is 0.251 e. The second-order valence-corrected chi connectivity index (χ2v) is 7.45. The molecule has 0 saturated carbocycles. The topological polar surface area (TPSA) is 71.3 Å². The highest BCUT2D eigenvalue weighted by Crippen LogP contribution is 2.19. The smallest absolute Gasteiger partial charge is 0.251 e. The van der Waals surface area contributed by atoms with Crippen molar-refractivity contribution in [1.29, 1.82) is 0 Å². The SMILES string of the molecule is CCc1ccc(-c2noc(CN3CCC(NC(=O)c4ccccc4)CC3)n2)cc1. The van der Waals surface area contributed by atoms with Gasteiger partial charge in [0.05, 0.1) is 6.54 Å². The quantitative estimate of drug-likeness (QED) is 0.695. The number of rotatable bonds is 6. The molecule has 2 heterocycles. The Morgan fingerprint density at radius 2 is 1.83 bits per heavy atom. The molecule has 1 N–H and O–H groups in total. The molecule has 0 spiro atoms. The molecule has 1 aliphatic rings. The van der Waals surface area contributed by atoms with E-state index in [1.54, 1.807) is 0 Å². The Hall–Kier alpha value is -2.99. The highest BCUT2D eigenvalue weighted by molar-refractivity contribution is 5.94. The van der Waals surface area contributed by atoms with E-state index in [-0.39, 0.29) is 11.9 Å². The van der Waals surface area contributed by atoms with Crippen LogP contribution in [0.3, 0.4) is 0 Å². The van der Waals surface area contributed by atoms with Gasteiger partial charge in [-0.1, -0.05) is 54.5 Å². The number of hydrogen-bond acceptors (Lipinski definition) is 5. The average Bonchev–Trinajstić information content (AvgIpc) is 3.24. The van der Waals surface area contributed by atoms with E-state index < -0.39 is 0 Å².